The number of nitro groups is 1. The average molecular weight is 335 g/mol. The average Bonchev–Trinajstić information content (AvgIpc) is 2.13. The molecule has 0 spiro atoms. The highest BCUT2D eigenvalue weighted by atomic mass is 35.6. The minimum Gasteiger partial charge on any atom is -0.271 e. The predicted molar refractivity (Wildman–Crippen MR) is 69.1 cm³/mol. The number of nitrogens with one attached hydrogen (secondary N) is 1. The van der Waals surface area contributed by atoms with Gasteiger partial charge in [-0.3, -0.25) is 14.8 Å². The van der Waals surface area contributed by atoms with E-state index in [1.54, 1.807) is 0 Å². The van der Waals surface area contributed by atoms with Crippen LogP contribution in [0.4, 0.5) is 11.4 Å². The van der Waals surface area contributed by atoms with Gasteiger partial charge in [0.15, 0.2) is 0 Å². The first-order valence-corrected chi connectivity index (χ1v) is 6.85. The molecule has 1 aromatic carbocycles. The van der Waals surface area contributed by atoms with Gasteiger partial charge in [0.25, 0.3) is 15.9 Å². The first-order chi connectivity index (χ1) is 8.00. The molecule has 1 rings (SSSR count). The summed E-state index contributed by atoms with van der Waals surface area (Å²) in [7, 11) is -4.09. The number of rotatable bonds is 3. The van der Waals surface area contributed by atoms with Gasteiger partial charge in [0.1, 0.15) is 0 Å². The third-order valence-electron chi connectivity index (χ3n) is 1.77. The van der Waals surface area contributed by atoms with Crippen LogP contribution in [0.1, 0.15) is 5.56 Å². The van der Waals surface area contributed by atoms with E-state index in [9.17, 15) is 18.5 Å². The zero-order valence-corrected chi connectivity index (χ0v) is 11.5. The van der Waals surface area contributed by atoms with Crippen LogP contribution in [0.15, 0.2) is 18.2 Å². The van der Waals surface area contributed by atoms with Gasteiger partial charge in [-0.1, -0.05) is 34.8 Å². The van der Waals surface area contributed by atoms with Gasteiger partial charge in [0.2, 0.25) is 3.79 Å². The number of nitro benzene ring substituents is 1. The Kier molecular flexibility index (Phi) is 4.29. The van der Waals surface area contributed by atoms with Crippen molar-refractivity contribution in [1.29, 1.82) is 0 Å². The van der Waals surface area contributed by atoms with Crippen LogP contribution in [0.25, 0.3) is 0 Å². The van der Waals surface area contributed by atoms with Crippen LogP contribution in [0.2, 0.25) is 0 Å². The van der Waals surface area contributed by atoms with E-state index in [1.165, 1.54) is 0 Å². The molecule has 0 fully saturated rings. The van der Waals surface area contributed by atoms with Crippen molar-refractivity contribution in [2.75, 3.05) is 4.72 Å². The summed E-state index contributed by atoms with van der Waals surface area (Å²) in [6.07, 6.45) is 0. The van der Waals surface area contributed by atoms with E-state index in [1.807, 2.05) is 4.72 Å². The van der Waals surface area contributed by atoms with Crippen molar-refractivity contribution < 1.29 is 13.3 Å². The normalized spacial score (nSPS) is 12.2. The summed E-state index contributed by atoms with van der Waals surface area (Å²) in [4.78, 5) is 9.88. The summed E-state index contributed by atoms with van der Waals surface area (Å²) in [6.45, 7) is 0. The highest BCUT2D eigenvalue weighted by molar-refractivity contribution is 7.90. The van der Waals surface area contributed by atoms with E-state index in [4.69, 9.17) is 39.9 Å². The topological polar surface area (TPSA) is 115 Å². The summed E-state index contributed by atoms with van der Waals surface area (Å²) < 4.78 is 21.7. The van der Waals surface area contributed by atoms with E-state index in [-0.39, 0.29) is 16.9 Å². The lowest BCUT2D eigenvalue weighted by Crippen LogP contribution is -2.23. The summed E-state index contributed by atoms with van der Waals surface area (Å²) in [6, 6.07) is 3.08. The Hall–Kier alpha value is -0.800. The molecule has 18 heavy (non-hydrogen) atoms. The number of non-ortho nitro benzene ring substituents is 1. The van der Waals surface area contributed by atoms with Gasteiger partial charge in [-0.25, -0.2) is 5.14 Å². The van der Waals surface area contributed by atoms with Crippen LogP contribution >= 0.6 is 34.8 Å². The van der Waals surface area contributed by atoms with Crippen molar-refractivity contribution in [3.05, 3.63) is 33.9 Å². The summed E-state index contributed by atoms with van der Waals surface area (Å²) in [5.41, 5.74) is -0.699. The fourth-order valence-electron chi connectivity index (χ4n) is 1.12. The Bertz CT molecular complexity index is 584. The Morgan fingerprint density at radius 3 is 2.28 bits per heavy atom. The molecule has 11 heteroatoms. The highest BCUT2D eigenvalue weighted by Gasteiger charge is 2.29. The highest BCUT2D eigenvalue weighted by Crippen LogP contribution is 2.43. The monoisotopic (exact) mass is 333 g/mol. The molecular formula is C7H6Cl3N3O4S. The lowest BCUT2D eigenvalue weighted by Gasteiger charge is -2.16. The molecule has 0 heterocycles. The summed E-state index contributed by atoms with van der Waals surface area (Å²) in [5, 5.41) is 15.4. The SMILES string of the molecule is NS(=O)(=O)Nc1ccc([N+](=O)[O-])cc1C(Cl)(Cl)Cl. The second-order valence-corrected chi connectivity index (χ2v) is 6.71. The van der Waals surface area contributed by atoms with E-state index in [0.29, 0.717) is 0 Å². The van der Waals surface area contributed by atoms with Crippen molar-refractivity contribution in [2.45, 2.75) is 3.79 Å². The van der Waals surface area contributed by atoms with Gasteiger partial charge in [-0.05, 0) is 6.07 Å². The van der Waals surface area contributed by atoms with Crippen molar-refractivity contribution in [1.82, 2.24) is 0 Å². The number of benzene rings is 1. The molecule has 0 unspecified atom stereocenters. The smallest absolute Gasteiger partial charge is 0.271 e. The maximum absolute atomic E-state index is 10.9. The standard InChI is InChI=1S/C7H6Cl3N3O4S/c8-7(9,10)5-3-4(13(14)15)1-2-6(5)12-18(11,16)17/h1-3,12H,(H2,11,16,17). The molecule has 0 saturated carbocycles. The zero-order chi connectivity index (χ0) is 14.1. The number of halogens is 3. The zero-order valence-electron chi connectivity index (χ0n) is 8.43. The molecule has 100 valence electrons. The number of nitrogens with zero attached hydrogens (tertiary/aromatic N) is 1. The van der Waals surface area contributed by atoms with Crippen molar-refractivity contribution in [3.8, 4) is 0 Å². The summed E-state index contributed by atoms with van der Waals surface area (Å²) in [5.74, 6) is 0. The fourth-order valence-corrected chi connectivity index (χ4v) is 2.08. The molecule has 0 aliphatic heterocycles. The number of alkyl halides is 3. The van der Waals surface area contributed by atoms with Crippen molar-refractivity contribution >= 4 is 56.4 Å². The number of anilines is 1. The number of hydrogen-bond donors (Lipinski definition) is 2. The maximum atomic E-state index is 10.9. The lowest BCUT2D eigenvalue weighted by atomic mass is 10.2. The molecule has 0 aliphatic carbocycles. The van der Waals surface area contributed by atoms with Gasteiger partial charge >= 0.3 is 0 Å². The Balaban J connectivity index is 3.39. The van der Waals surface area contributed by atoms with Crippen LogP contribution in [0, 0.1) is 10.1 Å². The largest absolute Gasteiger partial charge is 0.296 e. The second-order valence-electron chi connectivity index (χ2n) is 3.13. The van der Waals surface area contributed by atoms with Crippen LogP contribution in [0.3, 0.4) is 0 Å². The number of nitrogens with two attached hydrogens (primary N) is 1. The minimum atomic E-state index is -4.09. The minimum absolute atomic E-state index is 0.150. The van der Waals surface area contributed by atoms with Gasteiger partial charge in [0.05, 0.1) is 10.6 Å². The van der Waals surface area contributed by atoms with Gasteiger partial charge in [-0.15, -0.1) is 0 Å². The van der Waals surface area contributed by atoms with Gasteiger partial charge in [0, 0.05) is 17.7 Å². The van der Waals surface area contributed by atoms with E-state index in [2.05, 4.69) is 0 Å². The van der Waals surface area contributed by atoms with Crippen LogP contribution in [-0.2, 0) is 14.0 Å². The van der Waals surface area contributed by atoms with E-state index in [0.717, 1.165) is 18.2 Å². The van der Waals surface area contributed by atoms with Gasteiger partial charge < -0.3 is 0 Å². The van der Waals surface area contributed by atoms with E-state index < -0.39 is 18.9 Å². The quantitative estimate of drug-likeness (QED) is 0.500. The molecule has 3 N–H and O–H groups in total. The molecular weight excluding hydrogens is 329 g/mol. The Morgan fingerprint density at radius 2 is 1.89 bits per heavy atom. The second kappa shape index (κ2) is 5.06. The van der Waals surface area contributed by atoms with Crippen molar-refractivity contribution in [2.24, 2.45) is 5.14 Å². The van der Waals surface area contributed by atoms with E-state index >= 15 is 0 Å². The predicted octanol–water partition coefficient (Wildman–Crippen LogP) is 2.04. The fraction of sp³-hybridized carbons (Fsp3) is 0.143. The molecule has 0 bridgehead atoms. The molecule has 7 nitrogen and oxygen atoms in total. The maximum Gasteiger partial charge on any atom is 0.296 e. The summed E-state index contributed by atoms with van der Waals surface area (Å²) >= 11 is 16.8. The third kappa shape index (κ3) is 4.14. The van der Waals surface area contributed by atoms with Crippen LogP contribution in [-0.4, -0.2) is 13.3 Å². The third-order valence-corrected chi connectivity index (χ3v) is 2.89. The molecule has 0 amide bonds. The first kappa shape index (κ1) is 15.3. The van der Waals surface area contributed by atoms with Crippen LogP contribution in [0.5, 0.6) is 0 Å². The molecule has 0 aliphatic rings. The van der Waals surface area contributed by atoms with Crippen molar-refractivity contribution in [3.63, 3.8) is 0 Å². The molecule has 0 radical (unpaired) electrons. The molecule has 0 saturated heterocycles. The molecule has 0 aromatic heterocycles. The lowest BCUT2D eigenvalue weighted by molar-refractivity contribution is -0.384. The molecule has 0 atom stereocenters. The number of hydrogen-bond acceptors (Lipinski definition) is 4. The Labute approximate surface area is 117 Å². The molecule has 1 aromatic rings. The Morgan fingerprint density at radius 1 is 1.33 bits per heavy atom. The van der Waals surface area contributed by atoms with Gasteiger partial charge in [-0.2, -0.15) is 8.42 Å². The first-order valence-electron chi connectivity index (χ1n) is 4.17. The van der Waals surface area contributed by atoms with Crippen LogP contribution < -0.4 is 9.86 Å².